The van der Waals surface area contributed by atoms with Crippen LogP contribution in [0.3, 0.4) is 0 Å². The van der Waals surface area contributed by atoms with Crippen molar-refractivity contribution in [3.05, 3.63) is 88.7 Å². The van der Waals surface area contributed by atoms with Gasteiger partial charge in [-0.15, -0.1) is 0 Å². The molecule has 1 aliphatic rings. The molecule has 8 heteroatoms. The first-order chi connectivity index (χ1) is 14.4. The van der Waals surface area contributed by atoms with E-state index >= 15 is 0 Å². The number of amides is 1. The van der Waals surface area contributed by atoms with Crippen molar-refractivity contribution in [1.82, 2.24) is 4.98 Å². The number of anilines is 2. The molecule has 0 radical (unpaired) electrons. The minimum Gasteiger partial charge on any atom is -0.308 e. The number of halogens is 1. The summed E-state index contributed by atoms with van der Waals surface area (Å²) in [6.07, 6.45) is 4.83. The zero-order chi connectivity index (χ0) is 21.1. The molecule has 0 fully saturated rings. The second kappa shape index (κ2) is 8.45. The van der Waals surface area contributed by atoms with Gasteiger partial charge in [0.05, 0.1) is 17.0 Å². The number of hydrogen-bond acceptors (Lipinski definition) is 4. The quantitative estimate of drug-likeness (QED) is 0.641. The van der Waals surface area contributed by atoms with Gasteiger partial charge < -0.3 is 4.90 Å². The summed E-state index contributed by atoms with van der Waals surface area (Å²) in [5, 5.41) is 0.404. The summed E-state index contributed by atoms with van der Waals surface area (Å²) in [5.74, 6) is -0.387. The highest BCUT2D eigenvalue weighted by Crippen LogP contribution is 2.32. The molecule has 1 aromatic heterocycles. The molecule has 0 saturated carbocycles. The van der Waals surface area contributed by atoms with Gasteiger partial charge in [-0.25, -0.2) is 8.42 Å². The number of hydrogen-bond donors (Lipinski definition) is 1. The van der Waals surface area contributed by atoms with E-state index in [0.29, 0.717) is 34.1 Å². The van der Waals surface area contributed by atoms with Crippen LogP contribution in [0.4, 0.5) is 11.4 Å². The van der Waals surface area contributed by atoms with Crippen LogP contribution in [0, 0.1) is 0 Å². The van der Waals surface area contributed by atoms with Crippen LogP contribution in [0.15, 0.2) is 67.0 Å². The summed E-state index contributed by atoms with van der Waals surface area (Å²) in [6, 6.07) is 15.6. The van der Waals surface area contributed by atoms with Gasteiger partial charge in [-0.1, -0.05) is 35.9 Å². The molecule has 6 nitrogen and oxygen atoms in total. The summed E-state index contributed by atoms with van der Waals surface area (Å²) >= 11 is 6.10. The van der Waals surface area contributed by atoms with E-state index in [9.17, 15) is 13.2 Å². The Balaban J connectivity index is 1.60. The van der Waals surface area contributed by atoms with Crippen LogP contribution in [0.5, 0.6) is 0 Å². The number of nitrogens with one attached hydrogen (secondary N) is 1. The molecule has 0 spiro atoms. The number of aryl methyl sites for hydroxylation is 1. The molecule has 0 bridgehead atoms. The van der Waals surface area contributed by atoms with Gasteiger partial charge >= 0.3 is 0 Å². The lowest BCUT2D eigenvalue weighted by Gasteiger charge is -2.30. The topological polar surface area (TPSA) is 79.4 Å². The summed E-state index contributed by atoms with van der Waals surface area (Å²) in [4.78, 5) is 18.7. The van der Waals surface area contributed by atoms with Crippen molar-refractivity contribution in [2.24, 2.45) is 0 Å². The van der Waals surface area contributed by atoms with Crippen molar-refractivity contribution < 1.29 is 13.2 Å². The summed E-state index contributed by atoms with van der Waals surface area (Å²) < 4.78 is 27.9. The first kappa shape index (κ1) is 20.4. The minimum atomic E-state index is -3.67. The summed E-state index contributed by atoms with van der Waals surface area (Å²) in [7, 11) is -3.67. The van der Waals surface area contributed by atoms with Crippen molar-refractivity contribution in [2.75, 3.05) is 16.2 Å². The average Bonchev–Trinajstić information content (AvgIpc) is 2.74. The fourth-order valence-electron chi connectivity index (χ4n) is 3.53. The Morgan fingerprint density at radius 2 is 1.97 bits per heavy atom. The van der Waals surface area contributed by atoms with Gasteiger partial charge in [0.25, 0.3) is 5.91 Å². The molecule has 0 atom stereocenters. The maximum Gasteiger partial charge on any atom is 0.259 e. The molecule has 2 aromatic carbocycles. The molecule has 0 unspecified atom stereocenters. The molecule has 2 heterocycles. The lowest BCUT2D eigenvalue weighted by atomic mass is 10.0. The van der Waals surface area contributed by atoms with E-state index in [4.69, 9.17) is 11.6 Å². The average molecular weight is 442 g/mol. The lowest BCUT2D eigenvalue weighted by Crippen LogP contribution is -2.35. The molecular formula is C22H20ClN3O3S. The van der Waals surface area contributed by atoms with Crippen LogP contribution in [-0.4, -0.2) is 25.9 Å². The van der Waals surface area contributed by atoms with E-state index < -0.39 is 10.0 Å². The third-order valence-corrected chi connectivity index (χ3v) is 6.54. The predicted octanol–water partition coefficient (Wildman–Crippen LogP) is 4.27. The maximum atomic E-state index is 13.0. The van der Waals surface area contributed by atoms with Gasteiger partial charge in [-0.2, -0.15) is 0 Å². The van der Waals surface area contributed by atoms with Gasteiger partial charge in [0.15, 0.2) is 0 Å². The number of rotatable bonds is 5. The van der Waals surface area contributed by atoms with Crippen LogP contribution >= 0.6 is 11.6 Å². The van der Waals surface area contributed by atoms with E-state index in [1.807, 2.05) is 6.07 Å². The number of carbonyl (C=O) groups is 1. The highest BCUT2D eigenvalue weighted by Gasteiger charge is 2.25. The second-order valence-corrected chi connectivity index (χ2v) is 9.23. The molecule has 0 aliphatic carbocycles. The Kier molecular flexibility index (Phi) is 5.74. The van der Waals surface area contributed by atoms with Gasteiger partial charge in [-0.3, -0.25) is 14.5 Å². The number of fused-ring (bicyclic) bond motifs is 1. The molecule has 1 N–H and O–H groups in total. The van der Waals surface area contributed by atoms with E-state index in [0.717, 1.165) is 18.4 Å². The van der Waals surface area contributed by atoms with Crippen LogP contribution in [-0.2, 0) is 22.2 Å². The van der Waals surface area contributed by atoms with Crippen LogP contribution < -0.4 is 9.62 Å². The second-order valence-electron chi connectivity index (χ2n) is 7.10. The Morgan fingerprint density at radius 3 is 2.73 bits per heavy atom. The molecule has 154 valence electrons. The zero-order valence-corrected chi connectivity index (χ0v) is 17.7. The SMILES string of the molecule is O=C(c1cccnc1)N1CCCc2ccc(NS(=O)(=O)Cc3ccccc3Cl)cc21. The normalized spacial score (nSPS) is 13.6. The number of carbonyl (C=O) groups excluding carboxylic acids is 1. The fraction of sp³-hybridized carbons (Fsp3) is 0.182. The highest BCUT2D eigenvalue weighted by molar-refractivity contribution is 7.91. The first-order valence-corrected chi connectivity index (χ1v) is 11.5. The third kappa shape index (κ3) is 4.47. The molecule has 0 saturated heterocycles. The van der Waals surface area contributed by atoms with Crippen molar-refractivity contribution in [3.8, 4) is 0 Å². The molecule has 3 aromatic rings. The third-order valence-electron chi connectivity index (χ3n) is 4.93. The largest absolute Gasteiger partial charge is 0.308 e. The molecule has 1 amide bonds. The van der Waals surface area contributed by atoms with Crippen LogP contribution in [0.1, 0.15) is 27.9 Å². The monoisotopic (exact) mass is 441 g/mol. The van der Waals surface area contributed by atoms with Gasteiger partial charge in [0, 0.05) is 29.6 Å². The molecule has 30 heavy (non-hydrogen) atoms. The van der Waals surface area contributed by atoms with Gasteiger partial charge in [0.2, 0.25) is 10.0 Å². The highest BCUT2D eigenvalue weighted by atomic mass is 35.5. The summed E-state index contributed by atoms with van der Waals surface area (Å²) in [5.41, 5.74) is 3.15. The van der Waals surface area contributed by atoms with E-state index in [-0.39, 0.29) is 11.7 Å². The Bertz CT molecular complexity index is 1180. The van der Waals surface area contributed by atoms with Gasteiger partial charge in [0.1, 0.15) is 0 Å². The minimum absolute atomic E-state index is 0.153. The predicted molar refractivity (Wildman–Crippen MR) is 118 cm³/mol. The number of nitrogens with zero attached hydrogens (tertiary/aromatic N) is 2. The van der Waals surface area contributed by atoms with Gasteiger partial charge in [-0.05, 0) is 54.3 Å². The number of pyridine rings is 1. The van der Waals surface area contributed by atoms with Crippen LogP contribution in [0.2, 0.25) is 5.02 Å². The van der Waals surface area contributed by atoms with Crippen molar-refractivity contribution in [3.63, 3.8) is 0 Å². The van der Waals surface area contributed by atoms with Crippen molar-refractivity contribution in [2.45, 2.75) is 18.6 Å². The standard InChI is InChI=1S/C22H20ClN3O3S/c23-20-8-2-1-5-18(20)15-30(28,29)25-19-10-9-16-7-4-12-26(21(16)13-19)22(27)17-6-3-11-24-14-17/h1-3,5-6,8-11,13-14,25H,4,7,12,15H2. The molecule has 1 aliphatic heterocycles. The van der Waals surface area contributed by atoms with Crippen molar-refractivity contribution in [1.29, 1.82) is 0 Å². The van der Waals surface area contributed by atoms with Crippen molar-refractivity contribution >= 4 is 38.9 Å². The number of sulfonamides is 1. The summed E-state index contributed by atoms with van der Waals surface area (Å²) in [6.45, 7) is 0.566. The van der Waals surface area contributed by atoms with E-state index in [1.54, 1.807) is 59.6 Å². The first-order valence-electron chi connectivity index (χ1n) is 9.52. The lowest BCUT2D eigenvalue weighted by molar-refractivity contribution is 0.0985. The molecular weight excluding hydrogens is 422 g/mol. The van der Waals surface area contributed by atoms with Crippen LogP contribution in [0.25, 0.3) is 0 Å². The molecule has 4 rings (SSSR count). The number of aromatic nitrogens is 1. The Morgan fingerprint density at radius 1 is 1.13 bits per heavy atom. The van der Waals surface area contributed by atoms with E-state index in [1.165, 1.54) is 6.20 Å². The van der Waals surface area contributed by atoms with E-state index in [2.05, 4.69) is 9.71 Å². The smallest absolute Gasteiger partial charge is 0.259 e. The fourth-order valence-corrected chi connectivity index (χ4v) is 5.03. The Labute approximate surface area is 180 Å². The number of benzene rings is 2. The zero-order valence-electron chi connectivity index (χ0n) is 16.1. The maximum absolute atomic E-state index is 13.0. The Hall–Kier alpha value is -2.90.